The Morgan fingerprint density at radius 3 is 2.06 bits per heavy atom. The molecule has 1 aromatic carbocycles. The van der Waals surface area contributed by atoms with Gasteiger partial charge in [0.1, 0.15) is 17.1 Å². The number of hydrogen-bond donors (Lipinski definition) is 0. The van der Waals surface area contributed by atoms with Crippen LogP contribution in [0, 0.1) is 31.6 Å². The summed E-state index contributed by atoms with van der Waals surface area (Å²) in [5, 5.41) is 0. The van der Waals surface area contributed by atoms with Gasteiger partial charge in [0.15, 0.2) is 0 Å². The lowest BCUT2D eigenvalue weighted by Gasteiger charge is -2.37. The first-order chi connectivity index (χ1) is 14.6. The van der Waals surface area contributed by atoms with Crippen molar-refractivity contribution in [3.63, 3.8) is 0 Å². The van der Waals surface area contributed by atoms with Gasteiger partial charge in [0.2, 0.25) is 0 Å². The van der Waals surface area contributed by atoms with E-state index in [0.29, 0.717) is 0 Å². The Morgan fingerprint density at radius 1 is 0.903 bits per heavy atom. The number of methoxy groups -OCH3 is 1. The van der Waals surface area contributed by atoms with Crippen LogP contribution in [0.5, 0.6) is 11.5 Å². The largest absolute Gasteiger partial charge is 0.496 e. The summed E-state index contributed by atoms with van der Waals surface area (Å²) in [5.41, 5.74) is 3.74. The molecule has 3 atom stereocenters. The highest BCUT2D eigenvalue weighted by Crippen LogP contribution is 2.42. The highest BCUT2D eigenvalue weighted by molar-refractivity contribution is 5.53. The molecule has 0 bridgehead atoms. The maximum atomic E-state index is 6.62. The maximum absolute atomic E-state index is 6.62. The second-order valence-electron chi connectivity index (χ2n) is 11.2. The van der Waals surface area contributed by atoms with Crippen LogP contribution in [0.2, 0.25) is 0 Å². The molecule has 1 aliphatic rings. The van der Waals surface area contributed by atoms with E-state index < -0.39 is 0 Å². The van der Waals surface area contributed by atoms with Crippen LogP contribution in [-0.2, 0) is 6.42 Å². The van der Waals surface area contributed by atoms with Crippen LogP contribution in [0.4, 0.5) is 0 Å². The lowest BCUT2D eigenvalue weighted by molar-refractivity contribution is 0.0514. The molecule has 0 aliphatic carbocycles. The van der Waals surface area contributed by atoms with Crippen molar-refractivity contribution >= 4 is 0 Å². The van der Waals surface area contributed by atoms with E-state index in [0.717, 1.165) is 48.5 Å². The predicted octanol–water partition coefficient (Wildman–Crippen LogP) is 8.83. The minimum absolute atomic E-state index is 0.0244. The number of aryl methyl sites for hydroxylation is 1. The third kappa shape index (κ3) is 8.03. The van der Waals surface area contributed by atoms with Crippen LogP contribution in [0.25, 0.3) is 0 Å². The van der Waals surface area contributed by atoms with E-state index in [1.165, 1.54) is 68.1 Å². The normalized spacial score (nSPS) is 20.3. The fourth-order valence-electron chi connectivity index (χ4n) is 5.14. The molecule has 1 heterocycles. The summed E-state index contributed by atoms with van der Waals surface area (Å²) in [7, 11) is 1.76. The topological polar surface area (TPSA) is 18.5 Å². The SMILES string of the molecule is COc1cc2c(c(C)c1C)OC(C)(CCCC(C)CCCC(C)CCCC(C)C)CC2. The second-order valence-corrected chi connectivity index (χ2v) is 11.2. The molecule has 0 radical (unpaired) electrons. The van der Waals surface area contributed by atoms with Gasteiger partial charge < -0.3 is 9.47 Å². The second kappa shape index (κ2) is 12.2. The predicted molar refractivity (Wildman–Crippen MR) is 135 cm³/mol. The molecular formula is C29H50O2. The average Bonchev–Trinajstić information content (AvgIpc) is 2.71. The summed E-state index contributed by atoms with van der Waals surface area (Å²) in [6.07, 6.45) is 14.3. The minimum atomic E-state index is -0.0244. The number of benzene rings is 1. The molecule has 0 saturated carbocycles. The standard InChI is InChI=1S/C29H50O2/c1-21(2)12-9-13-22(3)14-10-15-23(4)16-11-18-29(7)19-17-26-20-27(30-8)24(5)25(6)28(26)31-29/h20-23H,9-19H2,1-8H3. The first-order valence-electron chi connectivity index (χ1n) is 13.0. The molecule has 2 rings (SSSR count). The molecule has 0 amide bonds. The van der Waals surface area contributed by atoms with Crippen LogP contribution >= 0.6 is 0 Å². The summed E-state index contributed by atoms with van der Waals surface area (Å²) < 4.78 is 12.2. The Balaban J connectivity index is 1.72. The van der Waals surface area contributed by atoms with Gasteiger partial charge in [-0.1, -0.05) is 72.6 Å². The van der Waals surface area contributed by atoms with Crippen LogP contribution in [0.15, 0.2) is 6.07 Å². The van der Waals surface area contributed by atoms with Gasteiger partial charge in [0.05, 0.1) is 7.11 Å². The Labute approximate surface area is 193 Å². The Morgan fingerprint density at radius 2 is 1.48 bits per heavy atom. The fourth-order valence-corrected chi connectivity index (χ4v) is 5.14. The molecule has 3 unspecified atom stereocenters. The molecule has 31 heavy (non-hydrogen) atoms. The quantitative estimate of drug-likeness (QED) is 0.311. The molecule has 178 valence electrons. The maximum Gasteiger partial charge on any atom is 0.126 e. The van der Waals surface area contributed by atoms with E-state index in [-0.39, 0.29) is 5.60 Å². The van der Waals surface area contributed by atoms with E-state index in [4.69, 9.17) is 9.47 Å². The molecule has 2 heteroatoms. The average molecular weight is 431 g/mol. The van der Waals surface area contributed by atoms with Crippen molar-refractivity contribution in [1.29, 1.82) is 0 Å². The smallest absolute Gasteiger partial charge is 0.126 e. The van der Waals surface area contributed by atoms with Crippen molar-refractivity contribution in [2.24, 2.45) is 17.8 Å². The molecule has 1 aromatic rings. The summed E-state index contributed by atoms with van der Waals surface area (Å²) in [6.45, 7) is 16.2. The van der Waals surface area contributed by atoms with Crippen molar-refractivity contribution in [1.82, 2.24) is 0 Å². The summed E-state index contributed by atoms with van der Waals surface area (Å²) in [6, 6.07) is 2.18. The van der Waals surface area contributed by atoms with Crippen molar-refractivity contribution in [2.75, 3.05) is 7.11 Å². The summed E-state index contributed by atoms with van der Waals surface area (Å²) in [5.74, 6) is 4.69. The molecule has 0 N–H and O–H groups in total. The third-order valence-corrected chi connectivity index (χ3v) is 7.64. The Hall–Kier alpha value is -1.18. The van der Waals surface area contributed by atoms with Gasteiger partial charge in [-0.05, 0) is 87.0 Å². The number of ether oxygens (including phenoxy) is 2. The van der Waals surface area contributed by atoms with Gasteiger partial charge in [-0.2, -0.15) is 0 Å². The Bertz CT molecular complexity index is 678. The van der Waals surface area contributed by atoms with Crippen LogP contribution in [-0.4, -0.2) is 12.7 Å². The van der Waals surface area contributed by atoms with Crippen LogP contribution in [0.1, 0.15) is 116 Å². The first-order valence-corrected chi connectivity index (χ1v) is 13.0. The van der Waals surface area contributed by atoms with Gasteiger partial charge in [0, 0.05) is 0 Å². The van der Waals surface area contributed by atoms with E-state index in [2.05, 4.69) is 54.5 Å². The number of fused-ring (bicyclic) bond motifs is 1. The molecule has 0 aromatic heterocycles. The van der Waals surface area contributed by atoms with Gasteiger partial charge in [-0.25, -0.2) is 0 Å². The Kier molecular flexibility index (Phi) is 10.2. The van der Waals surface area contributed by atoms with Crippen molar-refractivity contribution < 1.29 is 9.47 Å². The van der Waals surface area contributed by atoms with Crippen LogP contribution in [0.3, 0.4) is 0 Å². The summed E-state index contributed by atoms with van der Waals surface area (Å²) >= 11 is 0. The van der Waals surface area contributed by atoms with Gasteiger partial charge in [0.25, 0.3) is 0 Å². The highest BCUT2D eigenvalue weighted by atomic mass is 16.5. The summed E-state index contributed by atoms with van der Waals surface area (Å²) in [4.78, 5) is 0. The van der Waals surface area contributed by atoms with E-state index in [1.807, 2.05) is 0 Å². The van der Waals surface area contributed by atoms with Gasteiger partial charge in [-0.15, -0.1) is 0 Å². The molecule has 0 spiro atoms. The molecule has 0 fully saturated rings. The van der Waals surface area contributed by atoms with Crippen molar-refractivity contribution in [2.45, 2.75) is 125 Å². The monoisotopic (exact) mass is 430 g/mol. The molecular weight excluding hydrogens is 380 g/mol. The number of rotatable bonds is 13. The highest BCUT2D eigenvalue weighted by Gasteiger charge is 2.33. The lowest BCUT2D eigenvalue weighted by atomic mass is 9.85. The zero-order valence-corrected chi connectivity index (χ0v) is 21.9. The molecule has 2 nitrogen and oxygen atoms in total. The van der Waals surface area contributed by atoms with Gasteiger partial charge in [-0.3, -0.25) is 0 Å². The van der Waals surface area contributed by atoms with Crippen molar-refractivity contribution in [3.8, 4) is 11.5 Å². The fraction of sp³-hybridized carbons (Fsp3) is 0.793. The van der Waals surface area contributed by atoms with E-state index in [9.17, 15) is 0 Å². The zero-order valence-electron chi connectivity index (χ0n) is 21.9. The number of hydrogen-bond acceptors (Lipinski definition) is 2. The van der Waals surface area contributed by atoms with E-state index >= 15 is 0 Å². The zero-order chi connectivity index (χ0) is 23.0. The first kappa shape index (κ1) is 26.1. The van der Waals surface area contributed by atoms with Crippen LogP contribution < -0.4 is 9.47 Å². The molecule has 1 aliphatic heterocycles. The lowest BCUT2D eigenvalue weighted by Crippen LogP contribution is -2.36. The third-order valence-electron chi connectivity index (χ3n) is 7.64. The van der Waals surface area contributed by atoms with Crippen molar-refractivity contribution in [3.05, 3.63) is 22.8 Å². The minimum Gasteiger partial charge on any atom is -0.496 e. The molecule has 0 saturated heterocycles. The van der Waals surface area contributed by atoms with Gasteiger partial charge >= 0.3 is 0 Å². The van der Waals surface area contributed by atoms with E-state index in [1.54, 1.807) is 7.11 Å².